The van der Waals surface area contributed by atoms with Gasteiger partial charge in [0.2, 0.25) is 0 Å². The third-order valence-electron chi connectivity index (χ3n) is 2.79. The number of carbonyl (C=O) groups is 1. The zero-order valence-corrected chi connectivity index (χ0v) is 10.1. The van der Waals surface area contributed by atoms with Crippen LogP contribution in [-0.4, -0.2) is 43.6 Å². The highest BCUT2D eigenvalue weighted by atomic mass is 16.1. The molecule has 0 aliphatic carbocycles. The number of aromatic nitrogens is 1. The molecule has 0 radical (unpaired) electrons. The minimum absolute atomic E-state index is 0.0631. The molecular formula is C12H18N4O. The Balaban J connectivity index is 2.04. The smallest absolute Gasteiger partial charge is 0.252 e. The maximum atomic E-state index is 11.6. The lowest BCUT2D eigenvalue weighted by atomic mass is 10.2. The summed E-state index contributed by atoms with van der Waals surface area (Å²) in [4.78, 5) is 18.1. The third-order valence-corrected chi connectivity index (χ3v) is 2.79. The minimum atomic E-state index is -0.0631. The molecule has 2 heterocycles. The lowest BCUT2D eigenvalue weighted by molar-refractivity contribution is 0.0955. The van der Waals surface area contributed by atoms with Crippen molar-refractivity contribution >= 4 is 11.7 Å². The average Bonchev–Trinajstić information content (AvgIpc) is 2.40. The summed E-state index contributed by atoms with van der Waals surface area (Å²) in [7, 11) is 0. The predicted molar refractivity (Wildman–Crippen MR) is 67.3 cm³/mol. The lowest BCUT2D eigenvalue weighted by Crippen LogP contribution is -2.43. The number of hydrogen-bond acceptors (Lipinski definition) is 4. The van der Waals surface area contributed by atoms with E-state index in [1.807, 2.05) is 19.1 Å². The zero-order valence-electron chi connectivity index (χ0n) is 10.1. The molecule has 1 aromatic rings. The molecule has 0 bridgehead atoms. The molecule has 0 aromatic carbocycles. The molecule has 1 aliphatic rings. The fourth-order valence-electron chi connectivity index (χ4n) is 1.86. The molecule has 2 N–H and O–H groups in total. The molecule has 1 amide bonds. The summed E-state index contributed by atoms with van der Waals surface area (Å²) in [6, 6.07) is 3.74. The summed E-state index contributed by atoms with van der Waals surface area (Å²) in [6.45, 7) is 6.44. The van der Waals surface area contributed by atoms with Gasteiger partial charge in [-0.2, -0.15) is 0 Å². The van der Waals surface area contributed by atoms with Crippen LogP contribution >= 0.6 is 0 Å². The second kappa shape index (κ2) is 5.63. The van der Waals surface area contributed by atoms with Gasteiger partial charge in [-0.15, -0.1) is 0 Å². The first-order valence-electron chi connectivity index (χ1n) is 6.01. The molecule has 5 nitrogen and oxygen atoms in total. The molecule has 1 aliphatic heterocycles. The first kappa shape index (κ1) is 11.9. The van der Waals surface area contributed by atoms with Crippen LogP contribution in [0.1, 0.15) is 17.3 Å². The van der Waals surface area contributed by atoms with Crippen LogP contribution in [0, 0.1) is 0 Å². The summed E-state index contributed by atoms with van der Waals surface area (Å²) < 4.78 is 0. The van der Waals surface area contributed by atoms with Crippen LogP contribution in [-0.2, 0) is 0 Å². The third kappa shape index (κ3) is 2.94. The molecule has 1 aromatic heterocycles. The van der Waals surface area contributed by atoms with Crippen molar-refractivity contribution in [2.24, 2.45) is 0 Å². The summed E-state index contributed by atoms with van der Waals surface area (Å²) in [6.07, 6.45) is 1.64. The van der Waals surface area contributed by atoms with E-state index < -0.39 is 0 Å². The Morgan fingerprint density at radius 3 is 2.82 bits per heavy atom. The molecule has 0 saturated carbocycles. The van der Waals surface area contributed by atoms with Crippen molar-refractivity contribution in [3.05, 3.63) is 23.9 Å². The maximum Gasteiger partial charge on any atom is 0.252 e. The molecule has 0 unspecified atom stereocenters. The second-order valence-corrected chi connectivity index (χ2v) is 4.00. The van der Waals surface area contributed by atoms with Gasteiger partial charge in [0.1, 0.15) is 5.82 Å². The van der Waals surface area contributed by atoms with Gasteiger partial charge in [0.25, 0.3) is 5.91 Å². The maximum absolute atomic E-state index is 11.6. The van der Waals surface area contributed by atoms with E-state index in [4.69, 9.17) is 0 Å². The number of nitrogens with one attached hydrogen (secondary N) is 2. The molecule has 5 heteroatoms. The summed E-state index contributed by atoms with van der Waals surface area (Å²) in [5.74, 6) is 0.881. The summed E-state index contributed by atoms with van der Waals surface area (Å²) in [5.41, 5.74) is 0.616. The molecule has 0 spiro atoms. The topological polar surface area (TPSA) is 57.3 Å². The Kier molecular flexibility index (Phi) is 3.93. The fourth-order valence-corrected chi connectivity index (χ4v) is 1.86. The fraction of sp³-hybridized carbons (Fsp3) is 0.500. The van der Waals surface area contributed by atoms with Crippen molar-refractivity contribution < 1.29 is 4.79 Å². The van der Waals surface area contributed by atoms with Crippen molar-refractivity contribution in [2.75, 3.05) is 37.6 Å². The van der Waals surface area contributed by atoms with E-state index in [1.54, 1.807) is 6.20 Å². The minimum Gasteiger partial charge on any atom is -0.354 e. The summed E-state index contributed by atoms with van der Waals surface area (Å²) >= 11 is 0. The average molecular weight is 234 g/mol. The number of anilines is 1. The quantitative estimate of drug-likeness (QED) is 0.786. The van der Waals surface area contributed by atoms with E-state index in [9.17, 15) is 4.79 Å². The number of amides is 1. The van der Waals surface area contributed by atoms with Crippen molar-refractivity contribution in [2.45, 2.75) is 6.92 Å². The number of piperazine rings is 1. The van der Waals surface area contributed by atoms with Gasteiger partial charge in [0.05, 0.1) is 5.56 Å². The van der Waals surface area contributed by atoms with Crippen LogP contribution in [0.5, 0.6) is 0 Å². The number of hydrogen-bond donors (Lipinski definition) is 2. The van der Waals surface area contributed by atoms with Crippen LogP contribution in [0.4, 0.5) is 5.82 Å². The predicted octanol–water partition coefficient (Wildman–Crippen LogP) is 0.241. The van der Waals surface area contributed by atoms with Gasteiger partial charge >= 0.3 is 0 Å². The lowest BCUT2D eigenvalue weighted by Gasteiger charge is -2.28. The molecule has 0 atom stereocenters. The Bertz CT molecular complexity index is 371. The Labute approximate surface area is 101 Å². The monoisotopic (exact) mass is 234 g/mol. The number of rotatable bonds is 3. The van der Waals surface area contributed by atoms with E-state index in [-0.39, 0.29) is 5.91 Å². The van der Waals surface area contributed by atoms with Gasteiger partial charge in [-0.25, -0.2) is 4.98 Å². The Morgan fingerprint density at radius 1 is 1.47 bits per heavy atom. The Morgan fingerprint density at radius 2 is 2.24 bits per heavy atom. The highest BCUT2D eigenvalue weighted by Crippen LogP contribution is 2.11. The molecule has 92 valence electrons. The van der Waals surface area contributed by atoms with E-state index in [0.29, 0.717) is 12.1 Å². The zero-order chi connectivity index (χ0) is 12.1. The van der Waals surface area contributed by atoms with Crippen LogP contribution in [0.3, 0.4) is 0 Å². The van der Waals surface area contributed by atoms with Gasteiger partial charge in [0.15, 0.2) is 0 Å². The summed E-state index contributed by atoms with van der Waals surface area (Å²) in [5, 5.41) is 6.06. The van der Waals surface area contributed by atoms with Crippen LogP contribution in [0.25, 0.3) is 0 Å². The van der Waals surface area contributed by atoms with Gasteiger partial charge < -0.3 is 15.5 Å². The molecule has 1 saturated heterocycles. The molecule has 1 fully saturated rings. The largest absolute Gasteiger partial charge is 0.354 e. The normalized spacial score (nSPS) is 15.7. The molecule has 2 rings (SSSR count). The van der Waals surface area contributed by atoms with Gasteiger partial charge in [-0.05, 0) is 19.1 Å². The van der Waals surface area contributed by atoms with E-state index >= 15 is 0 Å². The molecular weight excluding hydrogens is 216 g/mol. The van der Waals surface area contributed by atoms with E-state index in [1.165, 1.54) is 0 Å². The number of carbonyl (C=O) groups excluding carboxylic acids is 1. The van der Waals surface area contributed by atoms with Crippen LogP contribution in [0.15, 0.2) is 18.3 Å². The van der Waals surface area contributed by atoms with Gasteiger partial charge in [-0.1, -0.05) is 0 Å². The van der Waals surface area contributed by atoms with E-state index in [2.05, 4.69) is 20.5 Å². The highest BCUT2D eigenvalue weighted by molar-refractivity contribution is 5.93. The van der Waals surface area contributed by atoms with E-state index in [0.717, 1.165) is 32.0 Å². The van der Waals surface area contributed by atoms with Crippen LogP contribution in [0.2, 0.25) is 0 Å². The van der Waals surface area contributed by atoms with Gasteiger partial charge in [-0.3, -0.25) is 4.79 Å². The second-order valence-electron chi connectivity index (χ2n) is 4.00. The molecule has 17 heavy (non-hydrogen) atoms. The van der Waals surface area contributed by atoms with Gasteiger partial charge in [0, 0.05) is 38.9 Å². The number of pyridine rings is 1. The van der Waals surface area contributed by atoms with Crippen molar-refractivity contribution in [1.29, 1.82) is 0 Å². The number of nitrogens with zero attached hydrogens (tertiary/aromatic N) is 2. The SMILES string of the molecule is CCNC(=O)c1ccc(N2CCNCC2)nc1. The highest BCUT2D eigenvalue weighted by Gasteiger charge is 2.12. The standard InChI is InChI=1S/C12H18N4O/c1-2-14-12(17)10-3-4-11(15-9-10)16-7-5-13-6-8-16/h3-4,9,13H,2,5-8H2,1H3,(H,14,17). The Hall–Kier alpha value is -1.62. The van der Waals surface area contributed by atoms with Crippen molar-refractivity contribution in [1.82, 2.24) is 15.6 Å². The van der Waals surface area contributed by atoms with Crippen molar-refractivity contribution in [3.8, 4) is 0 Å². The first-order chi connectivity index (χ1) is 8.31. The van der Waals surface area contributed by atoms with Crippen molar-refractivity contribution in [3.63, 3.8) is 0 Å². The van der Waals surface area contributed by atoms with Crippen LogP contribution < -0.4 is 15.5 Å². The first-order valence-corrected chi connectivity index (χ1v) is 6.01.